The standard InChI is InChI=1S/C10H19N3O3/c1-13(10(14)6-9(11)12-15)7-8-2-4-16-5-3-8/h8,15H,2-7H2,1H3,(H2,11,12). The molecule has 0 radical (unpaired) electrons. The van der Waals surface area contributed by atoms with Crippen molar-refractivity contribution in [2.24, 2.45) is 16.8 Å². The van der Waals surface area contributed by atoms with Crippen LogP contribution in [0, 0.1) is 5.92 Å². The maximum absolute atomic E-state index is 11.6. The number of ether oxygens (including phenoxy) is 1. The lowest BCUT2D eigenvalue weighted by Gasteiger charge is -2.27. The molecule has 92 valence electrons. The molecular formula is C10H19N3O3. The van der Waals surface area contributed by atoms with Crippen molar-refractivity contribution in [2.75, 3.05) is 26.8 Å². The van der Waals surface area contributed by atoms with Gasteiger partial charge in [0, 0.05) is 26.8 Å². The molecule has 0 aliphatic carbocycles. The fourth-order valence-corrected chi connectivity index (χ4v) is 1.74. The quantitative estimate of drug-likeness (QED) is 0.307. The van der Waals surface area contributed by atoms with Crippen LogP contribution in [0.1, 0.15) is 19.3 Å². The Kier molecular flexibility index (Phi) is 5.04. The van der Waals surface area contributed by atoms with E-state index in [1.807, 2.05) is 0 Å². The number of rotatable bonds is 4. The largest absolute Gasteiger partial charge is 0.409 e. The summed E-state index contributed by atoms with van der Waals surface area (Å²) in [6.07, 6.45) is 1.94. The summed E-state index contributed by atoms with van der Waals surface area (Å²) in [6, 6.07) is 0. The number of hydrogen-bond donors (Lipinski definition) is 2. The summed E-state index contributed by atoms with van der Waals surface area (Å²) in [5.74, 6) is 0.320. The van der Waals surface area contributed by atoms with Gasteiger partial charge in [-0.05, 0) is 18.8 Å². The van der Waals surface area contributed by atoms with Crippen LogP contribution in [-0.4, -0.2) is 48.7 Å². The van der Waals surface area contributed by atoms with Crippen LogP contribution in [0.5, 0.6) is 0 Å². The summed E-state index contributed by atoms with van der Waals surface area (Å²) < 4.78 is 5.25. The second kappa shape index (κ2) is 6.32. The Morgan fingerprint density at radius 1 is 1.56 bits per heavy atom. The van der Waals surface area contributed by atoms with Gasteiger partial charge in [-0.25, -0.2) is 0 Å². The van der Waals surface area contributed by atoms with Gasteiger partial charge in [0.1, 0.15) is 5.84 Å². The summed E-state index contributed by atoms with van der Waals surface area (Å²) in [4.78, 5) is 13.2. The molecule has 6 heteroatoms. The Morgan fingerprint density at radius 3 is 2.75 bits per heavy atom. The van der Waals surface area contributed by atoms with E-state index in [-0.39, 0.29) is 18.2 Å². The van der Waals surface area contributed by atoms with Crippen molar-refractivity contribution in [3.8, 4) is 0 Å². The number of amides is 1. The Balaban J connectivity index is 2.32. The van der Waals surface area contributed by atoms with E-state index >= 15 is 0 Å². The molecule has 1 rings (SSSR count). The van der Waals surface area contributed by atoms with Crippen molar-refractivity contribution in [3.05, 3.63) is 0 Å². The first-order valence-electron chi connectivity index (χ1n) is 5.41. The smallest absolute Gasteiger partial charge is 0.230 e. The number of amidine groups is 1. The molecule has 0 aromatic heterocycles. The first-order valence-corrected chi connectivity index (χ1v) is 5.41. The number of nitrogens with zero attached hydrogens (tertiary/aromatic N) is 2. The third-order valence-electron chi connectivity index (χ3n) is 2.76. The van der Waals surface area contributed by atoms with Crippen molar-refractivity contribution in [2.45, 2.75) is 19.3 Å². The lowest BCUT2D eigenvalue weighted by atomic mass is 10.00. The summed E-state index contributed by atoms with van der Waals surface area (Å²) >= 11 is 0. The minimum atomic E-state index is -0.123. The van der Waals surface area contributed by atoms with Crippen LogP contribution in [-0.2, 0) is 9.53 Å². The molecule has 0 bridgehead atoms. The molecule has 0 atom stereocenters. The molecule has 1 amide bonds. The molecule has 0 unspecified atom stereocenters. The van der Waals surface area contributed by atoms with Gasteiger partial charge < -0.3 is 20.6 Å². The molecule has 3 N–H and O–H groups in total. The predicted molar refractivity (Wildman–Crippen MR) is 59.2 cm³/mol. The molecule has 1 heterocycles. The fourth-order valence-electron chi connectivity index (χ4n) is 1.74. The van der Waals surface area contributed by atoms with Crippen molar-refractivity contribution in [1.29, 1.82) is 0 Å². The van der Waals surface area contributed by atoms with E-state index in [4.69, 9.17) is 15.7 Å². The highest BCUT2D eigenvalue weighted by Crippen LogP contribution is 2.15. The van der Waals surface area contributed by atoms with Gasteiger partial charge in [0.15, 0.2) is 0 Å². The van der Waals surface area contributed by atoms with E-state index in [2.05, 4.69) is 5.16 Å². The summed E-state index contributed by atoms with van der Waals surface area (Å²) in [5, 5.41) is 11.1. The average Bonchev–Trinajstić information content (AvgIpc) is 2.30. The summed E-state index contributed by atoms with van der Waals surface area (Å²) in [5.41, 5.74) is 5.28. The lowest BCUT2D eigenvalue weighted by Crippen LogP contribution is -2.36. The molecule has 0 aromatic carbocycles. The highest BCUT2D eigenvalue weighted by molar-refractivity contribution is 5.98. The molecule has 6 nitrogen and oxygen atoms in total. The van der Waals surface area contributed by atoms with Gasteiger partial charge in [-0.1, -0.05) is 5.16 Å². The van der Waals surface area contributed by atoms with E-state index in [1.54, 1.807) is 11.9 Å². The van der Waals surface area contributed by atoms with Gasteiger partial charge in [-0.2, -0.15) is 0 Å². The second-order valence-corrected chi connectivity index (χ2v) is 4.10. The molecule has 0 spiro atoms. The molecule has 1 aliphatic heterocycles. The third-order valence-corrected chi connectivity index (χ3v) is 2.76. The van der Waals surface area contributed by atoms with Crippen LogP contribution >= 0.6 is 0 Å². The summed E-state index contributed by atoms with van der Waals surface area (Å²) in [7, 11) is 1.74. The maximum Gasteiger partial charge on any atom is 0.230 e. The van der Waals surface area contributed by atoms with Crippen LogP contribution in [0.15, 0.2) is 5.16 Å². The Morgan fingerprint density at radius 2 is 2.19 bits per heavy atom. The van der Waals surface area contributed by atoms with Gasteiger partial charge in [0.05, 0.1) is 6.42 Å². The average molecular weight is 229 g/mol. The summed E-state index contributed by atoms with van der Waals surface area (Å²) in [6.45, 7) is 2.25. The molecule has 1 saturated heterocycles. The van der Waals surface area contributed by atoms with E-state index < -0.39 is 0 Å². The van der Waals surface area contributed by atoms with Crippen LogP contribution in [0.2, 0.25) is 0 Å². The number of nitrogens with two attached hydrogens (primary N) is 1. The van der Waals surface area contributed by atoms with Crippen molar-refractivity contribution in [1.82, 2.24) is 4.90 Å². The molecule has 16 heavy (non-hydrogen) atoms. The molecule has 1 fully saturated rings. The van der Waals surface area contributed by atoms with Crippen LogP contribution in [0.25, 0.3) is 0 Å². The Labute approximate surface area is 95.0 Å². The highest BCUT2D eigenvalue weighted by Gasteiger charge is 2.19. The molecule has 1 aliphatic rings. The van der Waals surface area contributed by atoms with E-state index in [9.17, 15) is 4.79 Å². The normalized spacial score (nSPS) is 18.4. The van der Waals surface area contributed by atoms with Gasteiger partial charge in [0.2, 0.25) is 5.91 Å². The number of hydrogen-bond acceptors (Lipinski definition) is 4. The molecule has 0 aromatic rings. The van der Waals surface area contributed by atoms with E-state index in [1.165, 1.54) is 0 Å². The first kappa shape index (κ1) is 12.8. The SMILES string of the molecule is CN(CC1CCOCC1)C(=O)CC(N)=NO. The van der Waals surface area contributed by atoms with Crippen LogP contribution in [0.3, 0.4) is 0 Å². The van der Waals surface area contributed by atoms with E-state index in [0.29, 0.717) is 12.5 Å². The van der Waals surface area contributed by atoms with Gasteiger partial charge in [-0.15, -0.1) is 0 Å². The minimum Gasteiger partial charge on any atom is -0.409 e. The third kappa shape index (κ3) is 4.06. The minimum absolute atomic E-state index is 0.0315. The van der Waals surface area contributed by atoms with Gasteiger partial charge in [0.25, 0.3) is 0 Å². The van der Waals surface area contributed by atoms with Crippen LogP contribution in [0.4, 0.5) is 0 Å². The second-order valence-electron chi connectivity index (χ2n) is 4.10. The maximum atomic E-state index is 11.6. The number of carbonyl (C=O) groups is 1. The van der Waals surface area contributed by atoms with Crippen molar-refractivity contribution < 1.29 is 14.7 Å². The van der Waals surface area contributed by atoms with Crippen molar-refractivity contribution >= 4 is 11.7 Å². The molecule has 0 saturated carbocycles. The van der Waals surface area contributed by atoms with Crippen molar-refractivity contribution in [3.63, 3.8) is 0 Å². The topological polar surface area (TPSA) is 88.2 Å². The number of oxime groups is 1. The zero-order valence-electron chi connectivity index (χ0n) is 9.56. The highest BCUT2D eigenvalue weighted by atomic mass is 16.5. The zero-order chi connectivity index (χ0) is 12.0. The molecular weight excluding hydrogens is 210 g/mol. The van der Waals surface area contributed by atoms with Gasteiger partial charge in [-0.3, -0.25) is 4.79 Å². The monoisotopic (exact) mass is 229 g/mol. The lowest BCUT2D eigenvalue weighted by molar-refractivity contribution is -0.129. The first-order chi connectivity index (χ1) is 7.63. The van der Waals surface area contributed by atoms with E-state index in [0.717, 1.165) is 26.1 Å². The Hall–Kier alpha value is -1.30. The fraction of sp³-hybridized carbons (Fsp3) is 0.800. The zero-order valence-corrected chi connectivity index (χ0v) is 9.56. The van der Waals surface area contributed by atoms with Gasteiger partial charge >= 0.3 is 0 Å². The number of carbonyl (C=O) groups excluding carboxylic acids is 1. The Bertz CT molecular complexity index is 262. The predicted octanol–water partition coefficient (Wildman–Crippen LogP) is 0.00790. The van der Waals surface area contributed by atoms with Crippen LogP contribution < -0.4 is 5.73 Å².